The maximum atomic E-state index is 11.7. The lowest BCUT2D eigenvalue weighted by Crippen LogP contribution is -2.04. The predicted octanol–water partition coefficient (Wildman–Crippen LogP) is 3.81. The summed E-state index contributed by atoms with van der Waals surface area (Å²) in [6.45, 7) is 1.51. The molecule has 0 spiro atoms. The van der Waals surface area contributed by atoms with Gasteiger partial charge in [-0.1, -0.05) is 23.4 Å². The number of ether oxygens (including phenoxy) is 1. The van der Waals surface area contributed by atoms with Gasteiger partial charge in [-0.15, -0.1) is 11.3 Å². The fourth-order valence-electron chi connectivity index (χ4n) is 1.49. The lowest BCUT2D eigenvalue weighted by molar-refractivity contribution is 0.0556. The third kappa shape index (κ3) is 4.45. The van der Waals surface area contributed by atoms with Gasteiger partial charge in [0, 0.05) is 5.02 Å². The van der Waals surface area contributed by atoms with E-state index in [1.54, 1.807) is 36.4 Å². The van der Waals surface area contributed by atoms with Gasteiger partial charge in [0.15, 0.2) is 12.4 Å². The minimum atomic E-state index is -0.448. The van der Waals surface area contributed by atoms with E-state index in [1.165, 1.54) is 18.3 Å². The molecule has 0 radical (unpaired) electrons. The Labute approximate surface area is 131 Å². The predicted molar refractivity (Wildman–Crippen MR) is 82.9 cm³/mol. The van der Waals surface area contributed by atoms with Crippen LogP contribution in [0.2, 0.25) is 5.02 Å². The number of benzene rings is 1. The molecule has 0 aliphatic heterocycles. The number of esters is 1. The van der Waals surface area contributed by atoms with Crippen molar-refractivity contribution < 1.29 is 14.3 Å². The number of carbonyl (C=O) groups excluding carboxylic acids is 2. The Morgan fingerprint density at radius 1 is 1.19 bits per heavy atom. The SMILES string of the molecule is CC(=O)c1ccc(C#CCOC(=O)c2ccc(Cl)cc2)s1. The van der Waals surface area contributed by atoms with Crippen LogP contribution in [0.25, 0.3) is 0 Å². The highest BCUT2D eigenvalue weighted by Crippen LogP contribution is 2.15. The van der Waals surface area contributed by atoms with Crippen molar-refractivity contribution in [3.63, 3.8) is 0 Å². The molecule has 3 nitrogen and oxygen atoms in total. The van der Waals surface area contributed by atoms with E-state index in [9.17, 15) is 9.59 Å². The van der Waals surface area contributed by atoms with E-state index >= 15 is 0 Å². The standard InChI is InChI=1S/C16H11ClO3S/c1-11(18)15-9-8-14(21-15)3-2-10-20-16(19)12-4-6-13(17)7-5-12/h4-9H,10H2,1H3. The Kier molecular flexibility index (Phi) is 5.15. The van der Waals surface area contributed by atoms with Gasteiger partial charge >= 0.3 is 5.97 Å². The average molecular weight is 319 g/mol. The summed E-state index contributed by atoms with van der Waals surface area (Å²) in [6.07, 6.45) is 0. The molecule has 0 saturated carbocycles. The average Bonchev–Trinajstić information content (AvgIpc) is 2.93. The molecule has 0 amide bonds. The largest absolute Gasteiger partial charge is 0.449 e. The van der Waals surface area contributed by atoms with Gasteiger partial charge < -0.3 is 4.74 Å². The van der Waals surface area contributed by atoms with Crippen LogP contribution in [-0.4, -0.2) is 18.4 Å². The van der Waals surface area contributed by atoms with Crippen molar-refractivity contribution in [1.82, 2.24) is 0 Å². The summed E-state index contributed by atoms with van der Waals surface area (Å²) in [4.78, 5) is 24.3. The van der Waals surface area contributed by atoms with Crippen LogP contribution < -0.4 is 0 Å². The van der Waals surface area contributed by atoms with E-state index in [0.717, 1.165) is 4.88 Å². The van der Waals surface area contributed by atoms with Crippen LogP contribution in [0.5, 0.6) is 0 Å². The number of carbonyl (C=O) groups is 2. The normalized spacial score (nSPS) is 9.62. The van der Waals surface area contributed by atoms with E-state index in [4.69, 9.17) is 16.3 Å². The van der Waals surface area contributed by atoms with Gasteiger partial charge in [0.05, 0.1) is 15.3 Å². The molecule has 2 aromatic rings. The number of halogens is 1. The quantitative estimate of drug-likeness (QED) is 0.491. The summed E-state index contributed by atoms with van der Waals surface area (Å²) in [5.74, 6) is 5.17. The van der Waals surface area contributed by atoms with Crippen molar-refractivity contribution in [3.05, 3.63) is 56.7 Å². The fourth-order valence-corrected chi connectivity index (χ4v) is 2.39. The molecule has 1 aromatic heterocycles. The van der Waals surface area contributed by atoms with Gasteiger partial charge in [0.1, 0.15) is 0 Å². The maximum absolute atomic E-state index is 11.7. The topological polar surface area (TPSA) is 43.4 Å². The third-order valence-corrected chi connectivity index (χ3v) is 3.87. The van der Waals surface area contributed by atoms with Crippen molar-refractivity contribution in [1.29, 1.82) is 0 Å². The lowest BCUT2D eigenvalue weighted by Gasteiger charge is -2.00. The second kappa shape index (κ2) is 7.07. The van der Waals surface area contributed by atoms with Crippen molar-refractivity contribution in [2.45, 2.75) is 6.92 Å². The van der Waals surface area contributed by atoms with Crippen LogP contribution in [0, 0.1) is 11.8 Å². The minimum absolute atomic E-state index is 0.00519. The summed E-state index contributed by atoms with van der Waals surface area (Å²) in [7, 11) is 0. The molecule has 106 valence electrons. The second-order valence-electron chi connectivity index (χ2n) is 4.10. The first-order chi connectivity index (χ1) is 10.1. The molecule has 0 bridgehead atoms. The highest BCUT2D eigenvalue weighted by atomic mass is 35.5. The number of rotatable bonds is 3. The Balaban J connectivity index is 1.89. The van der Waals surface area contributed by atoms with Gasteiger partial charge in [0.25, 0.3) is 0 Å². The molecular weight excluding hydrogens is 308 g/mol. The number of ketones is 1. The molecule has 1 aromatic carbocycles. The van der Waals surface area contributed by atoms with E-state index < -0.39 is 5.97 Å². The molecule has 21 heavy (non-hydrogen) atoms. The Morgan fingerprint density at radius 2 is 1.90 bits per heavy atom. The van der Waals surface area contributed by atoms with Crippen LogP contribution in [0.4, 0.5) is 0 Å². The van der Waals surface area contributed by atoms with Crippen LogP contribution in [-0.2, 0) is 4.74 Å². The fraction of sp³-hybridized carbons (Fsp3) is 0.125. The number of hydrogen-bond donors (Lipinski definition) is 0. The van der Waals surface area contributed by atoms with E-state index in [1.807, 2.05) is 0 Å². The zero-order valence-corrected chi connectivity index (χ0v) is 12.8. The van der Waals surface area contributed by atoms with Crippen LogP contribution in [0.15, 0.2) is 36.4 Å². The summed E-state index contributed by atoms with van der Waals surface area (Å²) >= 11 is 7.06. The third-order valence-electron chi connectivity index (χ3n) is 2.52. The Bertz CT molecular complexity index is 720. The monoisotopic (exact) mass is 318 g/mol. The van der Waals surface area contributed by atoms with Crippen LogP contribution in [0.3, 0.4) is 0 Å². The molecule has 1 heterocycles. The number of thiophene rings is 1. The smallest absolute Gasteiger partial charge is 0.339 e. The van der Waals surface area contributed by atoms with Gasteiger partial charge in [-0.25, -0.2) is 4.79 Å². The molecular formula is C16H11ClO3S. The van der Waals surface area contributed by atoms with E-state index in [2.05, 4.69) is 11.8 Å². The molecule has 2 rings (SSSR count). The molecule has 0 aliphatic rings. The van der Waals surface area contributed by atoms with E-state index in [-0.39, 0.29) is 12.4 Å². The van der Waals surface area contributed by atoms with E-state index in [0.29, 0.717) is 15.5 Å². The Hall–Kier alpha value is -2.09. The lowest BCUT2D eigenvalue weighted by atomic mass is 10.2. The van der Waals surface area contributed by atoms with Crippen LogP contribution >= 0.6 is 22.9 Å². The summed E-state index contributed by atoms with van der Waals surface area (Å²) in [5.41, 5.74) is 0.427. The highest BCUT2D eigenvalue weighted by molar-refractivity contribution is 7.14. The van der Waals surface area contributed by atoms with Gasteiger partial charge in [-0.2, -0.15) is 0 Å². The molecule has 0 fully saturated rings. The van der Waals surface area contributed by atoms with Gasteiger partial charge in [-0.3, -0.25) is 4.79 Å². The maximum Gasteiger partial charge on any atom is 0.339 e. The summed E-state index contributed by atoms with van der Waals surface area (Å²) in [6, 6.07) is 9.94. The summed E-state index contributed by atoms with van der Waals surface area (Å²) < 4.78 is 5.03. The first-order valence-electron chi connectivity index (χ1n) is 6.08. The minimum Gasteiger partial charge on any atom is -0.449 e. The Morgan fingerprint density at radius 3 is 2.52 bits per heavy atom. The molecule has 5 heteroatoms. The van der Waals surface area contributed by atoms with Crippen molar-refractivity contribution in [3.8, 4) is 11.8 Å². The number of Topliss-reactive ketones (excluding diaryl/α,β-unsaturated/α-hetero) is 1. The molecule has 0 N–H and O–H groups in total. The van der Waals surface area contributed by atoms with Crippen molar-refractivity contribution >= 4 is 34.7 Å². The first kappa shape index (κ1) is 15.3. The first-order valence-corrected chi connectivity index (χ1v) is 7.28. The molecule has 0 aliphatic carbocycles. The van der Waals surface area contributed by atoms with Crippen LogP contribution in [0.1, 0.15) is 31.8 Å². The highest BCUT2D eigenvalue weighted by Gasteiger charge is 2.05. The van der Waals surface area contributed by atoms with Gasteiger partial charge in [0.2, 0.25) is 0 Å². The number of hydrogen-bond acceptors (Lipinski definition) is 4. The summed E-state index contributed by atoms with van der Waals surface area (Å²) in [5, 5.41) is 0.560. The molecule has 0 unspecified atom stereocenters. The molecule has 0 saturated heterocycles. The van der Waals surface area contributed by atoms with Crippen molar-refractivity contribution in [2.24, 2.45) is 0 Å². The molecule has 0 atom stereocenters. The second-order valence-corrected chi connectivity index (χ2v) is 5.63. The zero-order valence-electron chi connectivity index (χ0n) is 11.2. The van der Waals surface area contributed by atoms with Gasteiger partial charge in [-0.05, 0) is 43.3 Å². The zero-order chi connectivity index (χ0) is 15.2. The van der Waals surface area contributed by atoms with Crippen molar-refractivity contribution in [2.75, 3.05) is 6.61 Å².